The molecule has 0 saturated heterocycles. The molecule has 2 unspecified atom stereocenters. The molecule has 5 nitrogen and oxygen atoms in total. The minimum Gasteiger partial charge on any atom is -0.478 e. The number of carboxylic acid groups (broad SMARTS) is 1. The number of carboxylic acids is 1. The molecule has 29 heavy (non-hydrogen) atoms. The largest absolute Gasteiger partial charge is 0.478 e. The van der Waals surface area contributed by atoms with Crippen molar-refractivity contribution in [1.82, 2.24) is 4.98 Å². The van der Waals surface area contributed by atoms with Gasteiger partial charge in [-0.3, -0.25) is 4.98 Å². The molecule has 3 aromatic rings. The van der Waals surface area contributed by atoms with Crippen molar-refractivity contribution in [2.75, 3.05) is 0 Å². The average molecular weight is 396 g/mol. The van der Waals surface area contributed by atoms with Crippen LogP contribution >= 0.6 is 0 Å². The van der Waals surface area contributed by atoms with Crippen molar-refractivity contribution < 1.29 is 18.7 Å². The van der Waals surface area contributed by atoms with E-state index in [0.717, 1.165) is 12.1 Å². The number of carbonyl (C=O) groups is 1. The molecular weight excluding hydrogens is 378 g/mol. The van der Waals surface area contributed by atoms with Crippen molar-refractivity contribution in [3.8, 4) is 0 Å². The van der Waals surface area contributed by atoms with E-state index in [4.69, 9.17) is 5.11 Å². The predicted molar refractivity (Wildman–Crippen MR) is 104 cm³/mol. The van der Waals surface area contributed by atoms with Crippen LogP contribution in [0.1, 0.15) is 51.1 Å². The van der Waals surface area contributed by atoms with Crippen molar-refractivity contribution in [2.24, 2.45) is 5.18 Å². The highest BCUT2D eigenvalue weighted by molar-refractivity contribution is 5.87. The lowest BCUT2D eigenvalue weighted by molar-refractivity contribution is 0.0697. The van der Waals surface area contributed by atoms with Crippen LogP contribution in [0.4, 0.5) is 8.78 Å². The van der Waals surface area contributed by atoms with Gasteiger partial charge in [0.2, 0.25) is 0 Å². The summed E-state index contributed by atoms with van der Waals surface area (Å²) in [5, 5.41) is 12.3. The fraction of sp³-hybridized carbons (Fsp3) is 0.182. The van der Waals surface area contributed by atoms with Gasteiger partial charge >= 0.3 is 5.97 Å². The molecule has 0 aliphatic carbocycles. The van der Waals surface area contributed by atoms with Crippen molar-refractivity contribution in [1.29, 1.82) is 0 Å². The van der Waals surface area contributed by atoms with Gasteiger partial charge in [-0.2, -0.15) is 4.91 Å². The Morgan fingerprint density at radius 1 is 1.07 bits per heavy atom. The summed E-state index contributed by atoms with van der Waals surface area (Å²) in [6.07, 6.45) is 1.69. The number of aromatic nitrogens is 1. The number of benzene rings is 2. The molecule has 0 bridgehead atoms. The molecular formula is C22H18F2N2O3. The first-order valence-electron chi connectivity index (χ1n) is 8.92. The summed E-state index contributed by atoms with van der Waals surface area (Å²) in [5.74, 6) is -3.16. The Bertz CT molecular complexity index is 1040. The maximum Gasteiger partial charge on any atom is 0.335 e. The van der Waals surface area contributed by atoms with E-state index in [1.807, 2.05) is 0 Å². The smallest absolute Gasteiger partial charge is 0.335 e. The molecule has 2 aromatic carbocycles. The lowest BCUT2D eigenvalue weighted by Gasteiger charge is -2.22. The fourth-order valence-electron chi connectivity index (χ4n) is 3.32. The molecule has 1 aromatic heterocycles. The third kappa shape index (κ3) is 4.68. The van der Waals surface area contributed by atoms with Crippen molar-refractivity contribution >= 4 is 5.97 Å². The van der Waals surface area contributed by atoms with Crippen LogP contribution < -0.4 is 0 Å². The van der Waals surface area contributed by atoms with Crippen LogP contribution in [0.5, 0.6) is 0 Å². The number of nitroso groups, excluding NO2 is 1. The monoisotopic (exact) mass is 396 g/mol. The predicted octanol–water partition coefficient (Wildman–Crippen LogP) is 5.40. The lowest BCUT2D eigenvalue weighted by atomic mass is 9.84. The number of aryl methyl sites for hydroxylation is 1. The van der Waals surface area contributed by atoms with Crippen LogP contribution in [-0.2, 0) is 0 Å². The Balaban J connectivity index is 2.04. The van der Waals surface area contributed by atoms with Gasteiger partial charge in [0.1, 0.15) is 17.7 Å². The quantitative estimate of drug-likeness (QED) is 0.543. The second-order valence-electron chi connectivity index (χ2n) is 6.73. The number of aromatic carboxylic acids is 1. The first-order valence-corrected chi connectivity index (χ1v) is 8.92. The van der Waals surface area contributed by atoms with Crippen molar-refractivity contribution in [2.45, 2.75) is 25.3 Å². The molecule has 0 saturated carbocycles. The number of hydrogen-bond donors (Lipinski definition) is 1. The minimum atomic E-state index is -1.08. The summed E-state index contributed by atoms with van der Waals surface area (Å²) in [6, 6.07) is 11.8. The molecule has 0 amide bonds. The Kier molecular flexibility index (Phi) is 6.07. The molecule has 2 atom stereocenters. The summed E-state index contributed by atoms with van der Waals surface area (Å²) >= 11 is 0. The number of nitrogens with zero attached hydrogens (tertiary/aromatic N) is 2. The van der Waals surface area contributed by atoms with Gasteiger partial charge in [0, 0.05) is 23.9 Å². The Morgan fingerprint density at radius 3 is 2.38 bits per heavy atom. The second-order valence-corrected chi connectivity index (χ2v) is 6.73. The highest BCUT2D eigenvalue weighted by Crippen LogP contribution is 2.37. The lowest BCUT2D eigenvalue weighted by Crippen LogP contribution is -2.10. The number of rotatable bonds is 7. The molecule has 3 rings (SSSR count). The highest BCUT2D eigenvalue weighted by atomic mass is 19.1. The van der Waals surface area contributed by atoms with Gasteiger partial charge < -0.3 is 5.11 Å². The molecule has 0 fully saturated rings. The zero-order valence-corrected chi connectivity index (χ0v) is 15.5. The summed E-state index contributed by atoms with van der Waals surface area (Å²) in [5.41, 5.74) is 2.24. The molecule has 0 radical (unpaired) electrons. The molecule has 148 valence electrons. The Hall–Kier alpha value is -3.48. The summed E-state index contributed by atoms with van der Waals surface area (Å²) in [4.78, 5) is 26.8. The minimum absolute atomic E-state index is 0.0851. The Morgan fingerprint density at radius 2 is 1.79 bits per heavy atom. The van der Waals surface area contributed by atoms with E-state index in [0.29, 0.717) is 16.8 Å². The molecule has 0 aliphatic rings. The van der Waals surface area contributed by atoms with Crippen LogP contribution in [0.2, 0.25) is 0 Å². The van der Waals surface area contributed by atoms with Gasteiger partial charge in [0.05, 0.1) is 5.56 Å². The van der Waals surface area contributed by atoms with E-state index in [2.05, 4.69) is 10.2 Å². The van der Waals surface area contributed by atoms with Gasteiger partial charge in [-0.15, -0.1) is 0 Å². The normalized spacial score (nSPS) is 12.9. The first kappa shape index (κ1) is 20.3. The van der Waals surface area contributed by atoms with E-state index in [9.17, 15) is 18.5 Å². The third-order valence-electron chi connectivity index (χ3n) is 4.79. The maximum absolute atomic E-state index is 14.6. The summed E-state index contributed by atoms with van der Waals surface area (Å²) in [7, 11) is 0. The molecule has 0 spiro atoms. The number of pyridine rings is 1. The van der Waals surface area contributed by atoms with Crippen LogP contribution in [0.15, 0.2) is 66.0 Å². The SMILES string of the molecule is Cc1cc(C(CC(c2ccc(C(=O)O)cc2)c2ccc(F)cc2F)N=O)ccn1. The second kappa shape index (κ2) is 8.68. The topological polar surface area (TPSA) is 79.6 Å². The number of hydrogen-bond acceptors (Lipinski definition) is 4. The Labute approximate surface area is 166 Å². The van der Waals surface area contributed by atoms with E-state index in [1.54, 1.807) is 37.4 Å². The first-order chi connectivity index (χ1) is 13.9. The summed E-state index contributed by atoms with van der Waals surface area (Å²) in [6.45, 7) is 1.78. The zero-order chi connectivity index (χ0) is 21.0. The van der Waals surface area contributed by atoms with E-state index in [-0.39, 0.29) is 17.5 Å². The van der Waals surface area contributed by atoms with Gasteiger partial charge in [0.15, 0.2) is 0 Å². The molecule has 1 heterocycles. The van der Waals surface area contributed by atoms with Crippen LogP contribution in [0.25, 0.3) is 0 Å². The molecule has 7 heteroatoms. The summed E-state index contributed by atoms with van der Waals surface area (Å²) < 4.78 is 28.0. The molecule has 1 N–H and O–H groups in total. The average Bonchev–Trinajstić information content (AvgIpc) is 2.70. The van der Waals surface area contributed by atoms with Crippen molar-refractivity contribution in [3.05, 3.63) is 105 Å². The third-order valence-corrected chi connectivity index (χ3v) is 4.79. The highest BCUT2D eigenvalue weighted by Gasteiger charge is 2.25. The van der Waals surface area contributed by atoms with Crippen LogP contribution in [-0.4, -0.2) is 16.1 Å². The fourth-order valence-corrected chi connectivity index (χ4v) is 3.32. The van der Waals surface area contributed by atoms with Gasteiger partial charge in [-0.1, -0.05) is 23.4 Å². The van der Waals surface area contributed by atoms with Gasteiger partial charge in [-0.05, 0) is 60.4 Å². The standard InChI is InChI=1S/C22H18F2N2O3/c1-13-10-16(8-9-25-13)21(26-29)12-19(18-7-6-17(23)11-20(18)24)14-2-4-15(5-3-14)22(27)28/h2-11,19,21H,12H2,1H3,(H,27,28). The zero-order valence-electron chi connectivity index (χ0n) is 15.5. The molecule has 0 aliphatic heterocycles. The van der Waals surface area contributed by atoms with E-state index in [1.165, 1.54) is 18.2 Å². The van der Waals surface area contributed by atoms with Crippen LogP contribution in [0.3, 0.4) is 0 Å². The van der Waals surface area contributed by atoms with Crippen molar-refractivity contribution in [3.63, 3.8) is 0 Å². The number of halogens is 2. The van der Waals surface area contributed by atoms with E-state index >= 15 is 0 Å². The van der Waals surface area contributed by atoms with Gasteiger partial charge in [0.25, 0.3) is 0 Å². The van der Waals surface area contributed by atoms with E-state index < -0.39 is 29.6 Å². The maximum atomic E-state index is 14.6. The van der Waals surface area contributed by atoms with Gasteiger partial charge in [-0.25, -0.2) is 13.6 Å². The van der Waals surface area contributed by atoms with Crippen LogP contribution in [0, 0.1) is 23.5 Å².